The normalized spacial score (nSPS) is 18.8. The van der Waals surface area contributed by atoms with Gasteiger partial charge in [-0.25, -0.2) is 0 Å². The maximum Gasteiger partial charge on any atom is 0.140 e. The summed E-state index contributed by atoms with van der Waals surface area (Å²) in [5.74, 6) is 0.706. The van der Waals surface area contributed by atoms with Crippen molar-refractivity contribution in [2.24, 2.45) is 5.73 Å². The van der Waals surface area contributed by atoms with Gasteiger partial charge in [-0.05, 0) is 24.5 Å². The Morgan fingerprint density at radius 2 is 2.36 bits per heavy atom. The zero-order valence-electron chi connectivity index (χ0n) is 8.08. The quantitative estimate of drug-likeness (QED) is 0.726. The molecule has 1 atom stereocenters. The molecule has 1 unspecified atom stereocenters. The van der Waals surface area contributed by atoms with Gasteiger partial charge < -0.3 is 10.5 Å². The monoisotopic (exact) mass is 188 g/mol. The maximum absolute atomic E-state index is 8.89. The van der Waals surface area contributed by atoms with Crippen molar-refractivity contribution in [3.8, 4) is 11.8 Å². The van der Waals surface area contributed by atoms with Crippen LogP contribution >= 0.6 is 0 Å². The Balaban J connectivity index is 2.61. The fourth-order valence-corrected chi connectivity index (χ4v) is 2.02. The fourth-order valence-electron chi connectivity index (χ4n) is 2.02. The van der Waals surface area contributed by atoms with Crippen molar-refractivity contribution in [3.63, 3.8) is 0 Å². The number of nitrogens with zero attached hydrogens (tertiary/aromatic N) is 1. The first kappa shape index (κ1) is 9.04. The molecule has 0 fully saturated rings. The topological polar surface area (TPSA) is 59.0 Å². The molecule has 3 heteroatoms. The zero-order valence-corrected chi connectivity index (χ0v) is 8.08. The van der Waals surface area contributed by atoms with Crippen LogP contribution in [-0.4, -0.2) is 7.11 Å². The number of methoxy groups -OCH3 is 1. The molecule has 0 aromatic heterocycles. The Bertz CT molecular complexity index is 406. The largest absolute Gasteiger partial charge is 0.495 e. The van der Waals surface area contributed by atoms with Crippen LogP contribution in [-0.2, 0) is 6.42 Å². The maximum atomic E-state index is 8.89. The second kappa shape index (κ2) is 3.32. The second-order valence-electron chi connectivity index (χ2n) is 3.47. The van der Waals surface area contributed by atoms with Crippen molar-refractivity contribution >= 4 is 0 Å². The van der Waals surface area contributed by atoms with E-state index < -0.39 is 0 Å². The number of fused-ring (bicyclic) bond motifs is 1. The minimum atomic E-state index is 0.103. The van der Waals surface area contributed by atoms with E-state index >= 15 is 0 Å². The molecular formula is C11H12N2O. The van der Waals surface area contributed by atoms with E-state index in [1.54, 1.807) is 13.2 Å². The third kappa shape index (κ3) is 1.16. The zero-order chi connectivity index (χ0) is 10.1. The first-order valence-electron chi connectivity index (χ1n) is 4.63. The Labute approximate surface area is 83.1 Å². The van der Waals surface area contributed by atoms with Gasteiger partial charge in [0.2, 0.25) is 0 Å². The molecule has 72 valence electrons. The summed E-state index contributed by atoms with van der Waals surface area (Å²) in [6, 6.07) is 5.95. The van der Waals surface area contributed by atoms with Crippen LogP contribution in [0.15, 0.2) is 12.1 Å². The summed E-state index contributed by atoms with van der Waals surface area (Å²) in [7, 11) is 1.60. The average Bonchev–Trinajstić information content (AvgIpc) is 2.59. The van der Waals surface area contributed by atoms with E-state index in [-0.39, 0.29) is 6.04 Å². The van der Waals surface area contributed by atoms with Crippen molar-refractivity contribution in [3.05, 3.63) is 28.8 Å². The number of ether oxygens (including phenoxy) is 1. The van der Waals surface area contributed by atoms with Gasteiger partial charge in [-0.3, -0.25) is 0 Å². The molecule has 0 saturated heterocycles. The SMILES string of the molecule is COc1c(C#N)ccc2c1CCC2N. The van der Waals surface area contributed by atoms with E-state index in [1.807, 2.05) is 6.07 Å². The molecule has 0 radical (unpaired) electrons. The number of nitrogens with two attached hydrogens (primary N) is 1. The molecule has 0 bridgehead atoms. The number of rotatable bonds is 1. The Hall–Kier alpha value is -1.53. The molecule has 0 aliphatic heterocycles. The highest BCUT2D eigenvalue weighted by atomic mass is 16.5. The predicted molar refractivity (Wildman–Crippen MR) is 53.0 cm³/mol. The van der Waals surface area contributed by atoms with Crippen LogP contribution in [0.3, 0.4) is 0 Å². The molecular weight excluding hydrogens is 176 g/mol. The Morgan fingerprint density at radius 1 is 1.57 bits per heavy atom. The summed E-state index contributed by atoms with van der Waals surface area (Å²) in [6.07, 6.45) is 1.86. The molecule has 1 aromatic carbocycles. The molecule has 0 heterocycles. The van der Waals surface area contributed by atoms with Gasteiger partial charge in [-0.1, -0.05) is 6.07 Å². The molecule has 2 N–H and O–H groups in total. The minimum Gasteiger partial charge on any atom is -0.495 e. The highest BCUT2D eigenvalue weighted by molar-refractivity contribution is 5.54. The lowest BCUT2D eigenvalue weighted by Gasteiger charge is -2.09. The number of hydrogen-bond acceptors (Lipinski definition) is 3. The van der Waals surface area contributed by atoms with Crippen LogP contribution in [0.2, 0.25) is 0 Å². The second-order valence-corrected chi connectivity index (χ2v) is 3.47. The summed E-state index contributed by atoms with van der Waals surface area (Å²) < 4.78 is 5.25. The lowest BCUT2D eigenvalue weighted by Crippen LogP contribution is -2.05. The van der Waals surface area contributed by atoms with E-state index in [0.29, 0.717) is 11.3 Å². The molecule has 2 rings (SSSR count). The first-order chi connectivity index (χ1) is 6.77. The smallest absolute Gasteiger partial charge is 0.140 e. The van der Waals surface area contributed by atoms with E-state index in [2.05, 4.69) is 6.07 Å². The highest BCUT2D eigenvalue weighted by Crippen LogP contribution is 2.37. The predicted octanol–water partition coefficient (Wildman–Crippen LogP) is 1.51. The highest BCUT2D eigenvalue weighted by Gasteiger charge is 2.23. The number of nitriles is 1. The van der Waals surface area contributed by atoms with Crippen LogP contribution < -0.4 is 10.5 Å². The van der Waals surface area contributed by atoms with Crippen molar-refractivity contribution in [1.29, 1.82) is 5.26 Å². The van der Waals surface area contributed by atoms with E-state index in [9.17, 15) is 0 Å². The third-order valence-corrected chi connectivity index (χ3v) is 2.73. The number of benzene rings is 1. The van der Waals surface area contributed by atoms with Crippen molar-refractivity contribution in [2.75, 3.05) is 7.11 Å². The molecule has 0 spiro atoms. The van der Waals surface area contributed by atoms with Gasteiger partial charge in [0, 0.05) is 11.6 Å². The number of hydrogen-bond donors (Lipinski definition) is 1. The van der Waals surface area contributed by atoms with Gasteiger partial charge in [-0.15, -0.1) is 0 Å². The molecule has 0 amide bonds. The molecule has 14 heavy (non-hydrogen) atoms. The van der Waals surface area contributed by atoms with Gasteiger partial charge in [-0.2, -0.15) is 5.26 Å². The Kier molecular flexibility index (Phi) is 2.14. The van der Waals surface area contributed by atoms with Crippen LogP contribution in [0.1, 0.15) is 29.2 Å². The standard InChI is InChI=1S/C11H12N2O/c1-14-11-7(6-12)2-3-8-9(11)4-5-10(8)13/h2-3,10H,4-5,13H2,1H3. The summed E-state index contributed by atoms with van der Waals surface area (Å²) >= 11 is 0. The summed E-state index contributed by atoms with van der Waals surface area (Å²) in [6.45, 7) is 0. The molecule has 1 aliphatic carbocycles. The fraction of sp³-hybridized carbons (Fsp3) is 0.364. The summed E-state index contributed by atoms with van der Waals surface area (Å²) in [5, 5.41) is 8.89. The van der Waals surface area contributed by atoms with E-state index in [1.165, 1.54) is 0 Å². The van der Waals surface area contributed by atoms with E-state index in [0.717, 1.165) is 24.0 Å². The molecule has 1 aliphatic rings. The minimum absolute atomic E-state index is 0.103. The average molecular weight is 188 g/mol. The Morgan fingerprint density at radius 3 is 3.00 bits per heavy atom. The van der Waals surface area contributed by atoms with Crippen LogP contribution in [0.5, 0.6) is 5.75 Å². The third-order valence-electron chi connectivity index (χ3n) is 2.73. The van der Waals surface area contributed by atoms with Crippen LogP contribution in [0.4, 0.5) is 0 Å². The van der Waals surface area contributed by atoms with Crippen molar-refractivity contribution in [2.45, 2.75) is 18.9 Å². The molecule has 1 aromatic rings. The van der Waals surface area contributed by atoms with Crippen molar-refractivity contribution < 1.29 is 4.74 Å². The van der Waals surface area contributed by atoms with Gasteiger partial charge in [0.25, 0.3) is 0 Å². The van der Waals surface area contributed by atoms with Gasteiger partial charge >= 0.3 is 0 Å². The van der Waals surface area contributed by atoms with Gasteiger partial charge in [0.15, 0.2) is 0 Å². The summed E-state index contributed by atoms with van der Waals surface area (Å²) in [4.78, 5) is 0. The van der Waals surface area contributed by atoms with Crippen LogP contribution in [0.25, 0.3) is 0 Å². The molecule has 0 saturated carbocycles. The van der Waals surface area contributed by atoms with Gasteiger partial charge in [0.1, 0.15) is 11.8 Å². The first-order valence-corrected chi connectivity index (χ1v) is 4.63. The van der Waals surface area contributed by atoms with E-state index in [4.69, 9.17) is 15.7 Å². The summed E-state index contributed by atoms with van der Waals surface area (Å²) in [5.41, 5.74) is 8.76. The van der Waals surface area contributed by atoms with Crippen LogP contribution in [0, 0.1) is 11.3 Å². The lowest BCUT2D eigenvalue weighted by molar-refractivity contribution is 0.409. The van der Waals surface area contributed by atoms with Crippen molar-refractivity contribution in [1.82, 2.24) is 0 Å². The lowest BCUT2D eigenvalue weighted by atomic mass is 10.0. The molecule has 3 nitrogen and oxygen atoms in total. The van der Waals surface area contributed by atoms with Gasteiger partial charge in [0.05, 0.1) is 12.7 Å².